The average molecular weight is 448 g/mol. The van der Waals surface area contributed by atoms with E-state index in [9.17, 15) is 17.6 Å². The van der Waals surface area contributed by atoms with E-state index in [0.717, 1.165) is 23.1 Å². The number of rotatable bonds is 5. The maximum atomic E-state index is 13.6. The van der Waals surface area contributed by atoms with Gasteiger partial charge in [0.2, 0.25) is 0 Å². The molecule has 32 heavy (non-hydrogen) atoms. The molecule has 1 aliphatic heterocycles. The summed E-state index contributed by atoms with van der Waals surface area (Å²) in [7, 11) is 1.51. The molecule has 0 spiro atoms. The highest BCUT2D eigenvalue weighted by Gasteiger charge is 2.40. The van der Waals surface area contributed by atoms with E-state index in [-0.39, 0.29) is 24.3 Å². The van der Waals surface area contributed by atoms with E-state index < -0.39 is 17.3 Å². The van der Waals surface area contributed by atoms with Crippen molar-refractivity contribution in [2.24, 2.45) is 0 Å². The fourth-order valence-electron chi connectivity index (χ4n) is 4.25. The zero-order valence-electron chi connectivity index (χ0n) is 17.8. The number of benzene rings is 3. The Kier molecular flexibility index (Phi) is 6.14. The molecular weight excluding hydrogens is 424 g/mol. The van der Waals surface area contributed by atoms with E-state index in [0.29, 0.717) is 30.4 Å². The standard InChI is InChI=1S/C25H24F4O3/c1-16-14-24(30-2,7-8-31-16)20-11-21(25(27,28)29)13-23(12-20)32-15-17-3-4-18-5-6-22(26)10-19(18)9-17/h3-6,9-13,16H,7-8,14-15H2,1-2H3. The molecule has 3 nitrogen and oxygen atoms in total. The normalized spacial score (nSPS) is 21.6. The first-order chi connectivity index (χ1) is 15.2. The van der Waals surface area contributed by atoms with Crippen molar-refractivity contribution in [3.05, 3.63) is 77.1 Å². The van der Waals surface area contributed by atoms with E-state index in [2.05, 4.69) is 0 Å². The Hall–Kier alpha value is -2.64. The van der Waals surface area contributed by atoms with Gasteiger partial charge in [-0.3, -0.25) is 0 Å². The molecule has 1 fully saturated rings. The molecule has 2 unspecified atom stereocenters. The minimum Gasteiger partial charge on any atom is -0.489 e. The summed E-state index contributed by atoms with van der Waals surface area (Å²) < 4.78 is 71.5. The third-order valence-corrected chi connectivity index (χ3v) is 5.95. The van der Waals surface area contributed by atoms with Crippen LogP contribution in [0.15, 0.2) is 54.6 Å². The first-order valence-electron chi connectivity index (χ1n) is 10.4. The second-order valence-corrected chi connectivity index (χ2v) is 8.19. The van der Waals surface area contributed by atoms with E-state index in [4.69, 9.17) is 14.2 Å². The largest absolute Gasteiger partial charge is 0.489 e. The Balaban J connectivity index is 1.65. The van der Waals surface area contributed by atoms with Gasteiger partial charge in [0.1, 0.15) is 18.2 Å². The van der Waals surface area contributed by atoms with E-state index >= 15 is 0 Å². The van der Waals surface area contributed by atoms with Crippen LogP contribution < -0.4 is 4.74 Å². The van der Waals surface area contributed by atoms with Gasteiger partial charge in [-0.2, -0.15) is 13.2 Å². The molecule has 170 valence electrons. The van der Waals surface area contributed by atoms with Crippen LogP contribution in [0.3, 0.4) is 0 Å². The van der Waals surface area contributed by atoms with Crippen LogP contribution in [0.1, 0.15) is 36.5 Å². The van der Waals surface area contributed by atoms with Crippen molar-refractivity contribution in [3.63, 3.8) is 0 Å². The number of ether oxygens (including phenoxy) is 3. The van der Waals surface area contributed by atoms with E-state index in [1.165, 1.54) is 19.2 Å². The molecule has 1 aliphatic rings. The van der Waals surface area contributed by atoms with Gasteiger partial charge in [-0.15, -0.1) is 0 Å². The molecule has 1 saturated heterocycles. The summed E-state index contributed by atoms with van der Waals surface area (Å²) >= 11 is 0. The molecule has 0 radical (unpaired) electrons. The lowest BCUT2D eigenvalue weighted by Crippen LogP contribution is -2.39. The molecule has 0 aliphatic carbocycles. The van der Waals surface area contributed by atoms with Crippen LogP contribution >= 0.6 is 0 Å². The fraction of sp³-hybridized carbons (Fsp3) is 0.360. The zero-order chi connectivity index (χ0) is 22.9. The Labute approximate surface area is 183 Å². The molecule has 3 aromatic carbocycles. The van der Waals surface area contributed by atoms with Crippen molar-refractivity contribution in [3.8, 4) is 5.75 Å². The third-order valence-electron chi connectivity index (χ3n) is 5.95. The second kappa shape index (κ2) is 8.71. The monoisotopic (exact) mass is 448 g/mol. The fourth-order valence-corrected chi connectivity index (χ4v) is 4.25. The van der Waals surface area contributed by atoms with Crippen molar-refractivity contribution < 1.29 is 31.8 Å². The Bertz CT molecular complexity index is 1110. The number of fused-ring (bicyclic) bond motifs is 1. The molecule has 0 bridgehead atoms. The number of halogens is 4. The first kappa shape index (κ1) is 22.6. The summed E-state index contributed by atoms with van der Waals surface area (Å²) in [5, 5.41) is 1.57. The quantitative estimate of drug-likeness (QED) is 0.411. The minimum absolute atomic E-state index is 0.0483. The summed E-state index contributed by atoms with van der Waals surface area (Å²) in [5.41, 5.74) is -0.526. The number of alkyl halides is 3. The van der Waals surface area contributed by atoms with E-state index in [1.807, 2.05) is 19.1 Å². The summed E-state index contributed by atoms with van der Waals surface area (Å²) in [6.07, 6.45) is -3.77. The average Bonchev–Trinajstić information content (AvgIpc) is 2.76. The van der Waals surface area contributed by atoms with Crippen LogP contribution in [-0.2, 0) is 27.9 Å². The summed E-state index contributed by atoms with van der Waals surface area (Å²) in [6, 6.07) is 13.6. The molecule has 7 heteroatoms. The maximum Gasteiger partial charge on any atom is 0.416 e. The van der Waals surface area contributed by atoms with Gasteiger partial charge < -0.3 is 14.2 Å². The van der Waals surface area contributed by atoms with Crippen molar-refractivity contribution in [1.29, 1.82) is 0 Å². The Morgan fingerprint density at radius 2 is 1.81 bits per heavy atom. The van der Waals surface area contributed by atoms with E-state index in [1.54, 1.807) is 18.2 Å². The highest BCUT2D eigenvalue weighted by Crippen LogP contribution is 2.42. The lowest BCUT2D eigenvalue weighted by molar-refractivity contribution is -0.138. The van der Waals surface area contributed by atoms with Gasteiger partial charge in [0.25, 0.3) is 0 Å². The van der Waals surface area contributed by atoms with Gasteiger partial charge in [0.05, 0.1) is 23.9 Å². The van der Waals surface area contributed by atoms with Crippen LogP contribution in [0.5, 0.6) is 5.75 Å². The predicted octanol–water partition coefficient (Wildman–Crippen LogP) is 6.62. The molecule has 0 amide bonds. The van der Waals surface area contributed by atoms with Gasteiger partial charge in [0.15, 0.2) is 0 Å². The van der Waals surface area contributed by atoms with Crippen molar-refractivity contribution in [1.82, 2.24) is 0 Å². The molecule has 0 saturated carbocycles. The number of methoxy groups -OCH3 is 1. The van der Waals surface area contributed by atoms with Crippen LogP contribution in [0.4, 0.5) is 17.6 Å². The van der Waals surface area contributed by atoms with Crippen molar-refractivity contribution in [2.75, 3.05) is 13.7 Å². The molecule has 2 atom stereocenters. The SMILES string of the molecule is COC1(c2cc(OCc3ccc4ccc(F)cc4c3)cc(C(F)(F)F)c2)CCOC(C)C1. The molecule has 0 aromatic heterocycles. The van der Waals surface area contributed by atoms with Crippen LogP contribution in [0.25, 0.3) is 10.8 Å². The highest BCUT2D eigenvalue weighted by molar-refractivity contribution is 5.83. The van der Waals surface area contributed by atoms with Gasteiger partial charge in [-0.25, -0.2) is 4.39 Å². The molecular formula is C25H24F4O3. The zero-order valence-corrected chi connectivity index (χ0v) is 17.8. The van der Waals surface area contributed by atoms with Gasteiger partial charge >= 0.3 is 6.18 Å². The summed E-state index contributed by atoms with van der Waals surface area (Å²) in [6.45, 7) is 2.32. The molecule has 3 aromatic rings. The Morgan fingerprint density at radius 3 is 2.53 bits per heavy atom. The second-order valence-electron chi connectivity index (χ2n) is 8.19. The Morgan fingerprint density at radius 1 is 1.03 bits per heavy atom. The number of hydrogen-bond acceptors (Lipinski definition) is 3. The summed E-state index contributed by atoms with van der Waals surface area (Å²) in [4.78, 5) is 0. The van der Waals surface area contributed by atoms with Crippen LogP contribution in [0, 0.1) is 5.82 Å². The lowest BCUT2D eigenvalue weighted by atomic mass is 9.83. The van der Waals surface area contributed by atoms with Crippen molar-refractivity contribution >= 4 is 10.8 Å². The molecule has 0 N–H and O–H groups in total. The molecule has 1 heterocycles. The minimum atomic E-state index is -4.53. The lowest BCUT2D eigenvalue weighted by Gasteiger charge is -2.39. The topological polar surface area (TPSA) is 27.7 Å². The van der Waals surface area contributed by atoms with Gasteiger partial charge in [-0.05, 0) is 65.2 Å². The first-order valence-corrected chi connectivity index (χ1v) is 10.4. The van der Waals surface area contributed by atoms with Gasteiger partial charge in [0, 0.05) is 20.0 Å². The third kappa shape index (κ3) is 4.74. The van der Waals surface area contributed by atoms with Crippen LogP contribution in [0.2, 0.25) is 0 Å². The smallest absolute Gasteiger partial charge is 0.416 e. The predicted molar refractivity (Wildman–Crippen MR) is 113 cm³/mol. The van der Waals surface area contributed by atoms with Gasteiger partial charge in [-0.1, -0.05) is 18.2 Å². The maximum absolute atomic E-state index is 13.6. The summed E-state index contributed by atoms with van der Waals surface area (Å²) in [5.74, 6) is -0.252. The van der Waals surface area contributed by atoms with Crippen LogP contribution in [-0.4, -0.2) is 19.8 Å². The highest BCUT2D eigenvalue weighted by atomic mass is 19.4. The van der Waals surface area contributed by atoms with Crippen molar-refractivity contribution in [2.45, 2.75) is 44.3 Å². The molecule has 4 rings (SSSR count). The number of hydrogen-bond donors (Lipinski definition) is 0.